The molecule has 34 heavy (non-hydrogen) atoms. The van der Waals surface area contributed by atoms with Gasteiger partial charge in [0.2, 0.25) is 0 Å². The van der Waals surface area contributed by atoms with Gasteiger partial charge in [-0.1, -0.05) is 24.3 Å². The molecular formula is C26H18O8. The zero-order valence-electron chi connectivity index (χ0n) is 17.7. The molecule has 3 aromatic carbocycles. The molecule has 0 saturated carbocycles. The number of carboxylic acids is 2. The van der Waals surface area contributed by atoms with Crippen molar-refractivity contribution in [2.24, 2.45) is 0 Å². The SMILES string of the molecule is O=C(O)c1ccc2c(c1)C(=O)CC(c1ccc(C3CC(=O)c4cc(C(=O)O)ccc4O3)cc1)O2. The molecule has 0 aromatic heterocycles. The van der Waals surface area contributed by atoms with Gasteiger partial charge in [0.05, 0.1) is 35.1 Å². The van der Waals surface area contributed by atoms with E-state index in [9.17, 15) is 19.2 Å². The topological polar surface area (TPSA) is 127 Å². The zero-order valence-corrected chi connectivity index (χ0v) is 17.7. The Labute approximate surface area is 193 Å². The van der Waals surface area contributed by atoms with Crippen molar-refractivity contribution in [3.63, 3.8) is 0 Å². The van der Waals surface area contributed by atoms with Crippen molar-refractivity contribution in [1.29, 1.82) is 0 Å². The number of carbonyl (C=O) groups is 4. The van der Waals surface area contributed by atoms with Gasteiger partial charge in [-0.2, -0.15) is 0 Å². The smallest absolute Gasteiger partial charge is 0.335 e. The predicted molar refractivity (Wildman–Crippen MR) is 118 cm³/mol. The number of hydrogen-bond acceptors (Lipinski definition) is 6. The lowest BCUT2D eigenvalue weighted by Crippen LogP contribution is -2.22. The molecule has 3 aromatic rings. The third-order valence-electron chi connectivity index (χ3n) is 6.01. The van der Waals surface area contributed by atoms with Crippen LogP contribution in [-0.4, -0.2) is 33.7 Å². The number of fused-ring (bicyclic) bond motifs is 2. The molecule has 0 saturated heterocycles. The highest BCUT2D eigenvalue weighted by molar-refractivity contribution is 6.03. The second-order valence-corrected chi connectivity index (χ2v) is 8.17. The number of hydrogen-bond donors (Lipinski definition) is 2. The number of carboxylic acid groups (broad SMARTS) is 2. The number of aromatic carboxylic acids is 2. The molecule has 5 rings (SSSR count). The first kappa shape index (κ1) is 21.4. The van der Waals surface area contributed by atoms with Crippen LogP contribution in [0, 0.1) is 0 Å². The summed E-state index contributed by atoms with van der Waals surface area (Å²) in [7, 11) is 0. The van der Waals surface area contributed by atoms with Crippen molar-refractivity contribution in [3.05, 3.63) is 94.0 Å². The molecule has 2 aliphatic rings. The first-order chi connectivity index (χ1) is 16.3. The monoisotopic (exact) mass is 458 g/mol. The first-order valence-electron chi connectivity index (χ1n) is 10.5. The van der Waals surface area contributed by atoms with Crippen LogP contribution in [0.1, 0.15) is 77.6 Å². The Morgan fingerprint density at radius 1 is 0.647 bits per heavy atom. The summed E-state index contributed by atoms with van der Waals surface area (Å²) in [5, 5.41) is 18.3. The van der Waals surface area contributed by atoms with Crippen molar-refractivity contribution in [2.75, 3.05) is 0 Å². The molecule has 2 unspecified atom stereocenters. The summed E-state index contributed by atoms with van der Waals surface area (Å²) in [6.45, 7) is 0. The van der Waals surface area contributed by atoms with E-state index in [1.165, 1.54) is 36.4 Å². The third-order valence-corrected chi connectivity index (χ3v) is 6.01. The summed E-state index contributed by atoms with van der Waals surface area (Å²) in [5.74, 6) is -1.93. The minimum Gasteiger partial charge on any atom is -0.484 e. The number of ether oxygens (including phenoxy) is 2. The molecule has 0 spiro atoms. The van der Waals surface area contributed by atoms with E-state index in [4.69, 9.17) is 19.7 Å². The lowest BCUT2D eigenvalue weighted by molar-refractivity contribution is 0.0684. The molecular weight excluding hydrogens is 440 g/mol. The molecule has 2 atom stereocenters. The quantitative estimate of drug-likeness (QED) is 0.585. The van der Waals surface area contributed by atoms with Gasteiger partial charge >= 0.3 is 11.9 Å². The Balaban J connectivity index is 1.34. The Morgan fingerprint density at radius 2 is 1.03 bits per heavy atom. The highest BCUT2D eigenvalue weighted by Crippen LogP contribution is 2.38. The van der Waals surface area contributed by atoms with Gasteiger partial charge in [-0.05, 0) is 47.5 Å². The minimum absolute atomic E-state index is 0.0290. The van der Waals surface area contributed by atoms with Crippen LogP contribution < -0.4 is 9.47 Å². The number of carbonyl (C=O) groups excluding carboxylic acids is 2. The van der Waals surface area contributed by atoms with E-state index in [-0.39, 0.29) is 46.7 Å². The molecule has 0 bridgehead atoms. The van der Waals surface area contributed by atoms with Crippen molar-refractivity contribution in [2.45, 2.75) is 25.0 Å². The maximum Gasteiger partial charge on any atom is 0.335 e. The number of benzene rings is 3. The largest absolute Gasteiger partial charge is 0.484 e. The van der Waals surface area contributed by atoms with Crippen molar-refractivity contribution in [1.82, 2.24) is 0 Å². The van der Waals surface area contributed by atoms with Gasteiger partial charge in [0.25, 0.3) is 0 Å². The van der Waals surface area contributed by atoms with Gasteiger partial charge < -0.3 is 19.7 Å². The molecule has 170 valence electrons. The van der Waals surface area contributed by atoms with Gasteiger partial charge in [-0.3, -0.25) is 9.59 Å². The summed E-state index contributed by atoms with van der Waals surface area (Å²) in [5.41, 5.74) is 2.10. The average molecular weight is 458 g/mol. The van der Waals surface area contributed by atoms with E-state index in [1.807, 2.05) is 0 Å². The van der Waals surface area contributed by atoms with Gasteiger partial charge in [0.1, 0.15) is 23.7 Å². The van der Waals surface area contributed by atoms with E-state index in [0.717, 1.165) is 11.1 Å². The average Bonchev–Trinajstić information content (AvgIpc) is 2.83. The standard InChI is InChI=1S/C26H18O8/c27-19-11-23(33-21-7-5-15(25(29)30)9-17(19)21)13-1-2-14(4-3-13)24-12-20(28)18-10-16(26(31)32)6-8-22(18)34-24/h1-10,23-24H,11-12H2,(H,29,30)(H,31,32). The van der Waals surface area contributed by atoms with Crippen LogP contribution in [0.2, 0.25) is 0 Å². The summed E-state index contributed by atoms with van der Waals surface area (Å²) in [6, 6.07) is 15.7. The van der Waals surface area contributed by atoms with Crippen molar-refractivity contribution in [3.8, 4) is 11.5 Å². The number of Topliss-reactive ketones (excluding diaryl/α,β-unsaturated/α-hetero) is 2. The molecule has 2 heterocycles. The second-order valence-electron chi connectivity index (χ2n) is 8.17. The Bertz CT molecular complexity index is 1250. The summed E-state index contributed by atoms with van der Waals surface area (Å²) in [6.07, 6.45) is -0.886. The Morgan fingerprint density at radius 3 is 1.38 bits per heavy atom. The maximum absolute atomic E-state index is 12.6. The molecule has 0 amide bonds. The van der Waals surface area contributed by atoms with Gasteiger partial charge in [0.15, 0.2) is 11.6 Å². The molecule has 2 N–H and O–H groups in total. The lowest BCUT2D eigenvalue weighted by atomic mass is 9.92. The summed E-state index contributed by atoms with van der Waals surface area (Å²) >= 11 is 0. The van der Waals surface area contributed by atoms with Crippen LogP contribution in [0.15, 0.2) is 60.7 Å². The molecule has 8 nitrogen and oxygen atoms in total. The molecule has 0 fully saturated rings. The van der Waals surface area contributed by atoms with Crippen LogP contribution in [0.3, 0.4) is 0 Å². The molecule has 2 aliphatic heterocycles. The van der Waals surface area contributed by atoms with Gasteiger partial charge in [0, 0.05) is 0 Å². The van der Waals surface area contributed by atoms with Crippen LogP contribution in [0.25, 0.3) is 0 Å². The minimum atomic E-state index is -1.11. The third kappa shape index (κ3) is 3.79. The highest BCUT2D eigenvalue weighted by atomic mass is 16.5. The Hall–Kier alpha value is -4.46. The highest BCUT2D eigenvalue weighted by Gasteiger charge is 2.31. The van der Waals surface area contributed by atoms with Crippen molar-refractivity contribution < 1.29 is 38.9 Å². The summed E-state index contributed by atoms with van der Waals surface area (Å²) in [4.78, 5) is 47.6. The maximum atomic E-state index is 12.6. The fourth-order valence-electron chi connectivity index (χ4n) is 4.21. The van der Waals surface area contributed by atoms with E-state index in [1.54, 1.807) is 24.3 Å². The van der Waals surface area contributed by atoms with Crippen LogP contribution in [0.5, 0.6) is 11.5 Å². The Kier molecular flexibility index (Phi) is 5.13. The fourth-order valence-corrected chi connectivity index (χ4v) is 4.21. The fraction of sp³-hybridized carbons (Fsp3) is 0.154. The normalized spacial score (nSPS) is 18.8. The zero-order chi connectivity index (χ0) is 24.0. The van der Waals surface area contributed by atoms with E-state index >= 15 is 0 Å². The molecule has 0 radical (unpaired) electrons. The van der Waals surface area contributed by atoms with Gasteiger partial charge in [-0.25, -0.2) is 9.59 Å². The second kappa shape index (κ2) is 8.15. The predicted octanol–water partition coefficient (Wildman–Crippen LogP) is 4.50. The van der Waals surface area contributed by atoms with E-state index < -0.39 is 24.1 Å². The van der Waals surface area contributed by atoms with E-state index in [2.05, 4.69) is 0 Å². The molecule has 0 aliphatic carbocycles. The lowest BCUT2D eigenvalue weighted by Gasteiger charge is -2.27. The van der Waals surface area contributed by atoms with Crippen molar-refractivity contribution >= 4 is 23.5 Å². The van der Waals surface area contributed by atoms with Crippen LogP contribution >= 0.6 is 0 Å². The van der Waals surface area contributed by atoms with Gasteiger partial charge in [-0.15, -0.1) is 0 Å². The number of rotatable bonds is 4. The van der Waals surface area contributed by atoms with E-state index in [0.29, 0.717) is 11.5 Å². The summed E-state index contributed by atoms with van der Waals surface area (Å²) < 4.78 is 11.9. The molecule has 8 heteroatoms. The van der Waals surface area contributed by atoms with Crippen LogP contribution in [0.4, 0.5) is 0 Å². The first-order valence-corrected chi connectivity index (χ1v) is 10.5. The van der Waals surface area contributed by atoms with Crippen LogP contribution in [-0.2, 0) is 0 Å². The number of ketones is 2.